The van der Waals surface area contributed by atoms with Crippen molar-refractivity contribution in [1.29, 1.82) is 0 Å². The molecule has 0 unspecified atom stereocenters. The van der Waals surface area contributed by atoms with E-state index in [0.717, 1.165) is 54.6 Å². The molecule has 6 nitrogen and oxygen atoms in total. The second kappa shape index (κ2) is 8.64. The van der Waals surface area contributed by atoms with Gasteiger partial charge in [0.05, 0.1) is 22.6 Å². The number of amides is 3. The summed E-state index contributed by atoms with van der Waals surface area (Å²) in [5.41, 5.74) is 1.32. The molecule has 0 bridgehead atoms. The summed E-state index contributed by atoms with van der Waals surface area (Å²) in [5, 5.41) is 2.36. The summed E-state index contributed by atoms with van der Waals surface area (Å²) in [6, 6.07) is 8.68. The first-order valence-electron chi connectivity index (χ1n) is 9.65. The monoisotopic (exact) mass is 420 g/mol. The third-order valence-corrected chi connectivity index (χ3v) is 5.09. The summed E-state index contributed by atoms with van der Waals surface area (Å²) in [5.74, 6) is 0. The average Bonchev–Trinajstić information content (AvgIpc) is 2.73. The van der Waals surface area contributed by atoms with Crippen LogP contribution in [-0.2, 0) is 11.0 Å². The number of imide groups is 1. The fraction of sp³-hybridized carbons (Fsp3) is 0.333. The quantitative estimate of drug-likeness (QED) is 0.721. The van der Waals surface area contributed by atoms with Crippen LogP contribution in [0.2, 0.25) is 0 Å². The second-order valence-electron chi connectivity index (χ2n) is 6.82. The minimum atomic E-state index is -4.53. The zero-order chi connectivity index (χ0) is 21.9. The fourth-order valence-corrected chi connectivity index (χ4v) is 3.50. The number of rotatable bonds is 5. The van der Waals surface area contributed by atoms with E-state index in [-0.39, 0.29) is 5.69 Å². The normalized spacial score (nSPS) is 13.6. The largest absolute Gasteiger partial charge is 0.416 e. The fourth-order valence-electron chi connectivity index (χ4n) is 3.50. The van der Waals surface area contributed by atoms with Gasteiger partial charge in [-0.25, -0.2) is 9.69 Å². The van der Waals surface area contributed by atoms with Crippen molar-refractivity contribution >= 4 is 35.2 Å². The Hall–Kier alpha value is -3.23. The van der Waals surface area contributed by atoms with Gasteiger partial charge in [-0.2, -0.15) is 13.2 Å². The number of carbonyl (C=O) groups excluding carboxylic acids is 2. The van der Waals surface area contributed by atoms with Gasteiger partial charge in [0.15, 0.2) is 0 Å². The van der Waals surface area contributed by atoms with Crippen molar-refractivity contribution in [2.24, 2.45) is 0 Å². The van der Waals surface area contributed by atoms with Crippen LogP contribution in [0.25, 0.3) is 0 Å². The molecule has 1 N–H and O–H groups in total. The highest BCUT2D eigenvalue weighted by Gasteiger charge is 2.31. The van der Waals surface area contributed by atoms with Gasteiger partial charge < -0.3 is 15.1 Å². The molecule has 0 spiro atoms. The molecule has 0 fully saturated rings. The van der Waals surface area contributed by atoms with Crippen molar-refractivity contribution in [1.82, 2.24) is 0 Å². The lowest BCUT2D eigenvalue weighted by Gasteiger charge is -2.38. The second-order valence-corrected chi connectivity index (χ2v) is 6.82. The standard InChI is InChI=1S/C21H23F3N4O2/c1-3-26-10-11-27(4-2)19-13-17(8-9-18(19)26)28(14-29)20(30)25-16-7-5-6-15(12-16)21(22,23)24/h5-9,12-14H,3-4,10-11H2,1-2H3,(H,25,30). The van der Waals surface area contributed by atoms with Crippen LogP contribution in [0.4, 0.5) is 40.7 Å². The molecule has 0 aromatic heterocycles. The molecule has 3 amide bonds. The highest BCUT2D eigenvalue weighted by molar-refractivity contribution is 6.12. The van der Waals surface area contributed by atoms with E-state index >= 15 is 0 Å². The predicted molar refractivity (Wildman–Crippen MR) is 111 cm³/mol. The van der Waals surface area contributed by atoms with E-state index in [2.05, 4.69) is 22.0 Å². The number of nitrogens with zero attached hydrogens (tertiary/aromatic N) is 3. The van der Waals surface area contributed by atoms with Crippen LogP contribution in [0.1, 0.15) is 19.4 Å². The number of benzene rings is 2. The SMILES string of the molecule is CCN1CCN(CC)c2cc(N(C=O)C(=O)Nc3cccc(C(F)(F)F)c3)ccc21. The van der Waals surface area contributed by atoms with Gasteiger partial charge in [-0.3, -0.25) is 4.79 Å². The number of halogens is 3. The van der Waals surface area contributed by atoms with Crippen molar-refractivity contribution < 1.29 is 22.8 Å². The molecular weight excluding hydrogens is 397 g/mol. The van der Waals surface area contributed by atoms with Crippen molar-refractivity contribution in [2.75, 3.05) is 46.2 Å². The van der Waals surface area contributed by atoms with E-state index < -0.39 is 17.8 Å². The molecule has 3 rings (SSSR count). The first kappa shape index (κ1) is 21.5. The van der Waals surface area contributed by atoms with E-state index in [9.17, 15) is 22.8 Å². The summed E-state index contributed by atoms with van der Waals surface area (Å²) in [4.78, 5) is 29.5. The van der Waals surface area contributed by atoms with Crippen LogP contribution in [0, 0.1) is 0 Å². The number of hydrogen-bond acceptors (Lipinski definition) is 4. The molecule has 0 saturated carbocycles. The Bertz CT molecular complexity index is 933. The summed E-state index contributed by atoms with van der Waals surface area (Å²) < 4.78 is 38.7. The Morgan fingerprint density at radius 2 is 1.73 bits per heavy atom. The average molecular weight is 420 g/mol. The van der Waals surface area contributed by atoms with E-state index in [0.29, 0.717) is 12.1 Å². The van der Waals surface area contributed by atoms with Gasteiger partial charge in [0, 0.05) is 31.9 Å². The maximum Gasteiger partial charge on any atom is 0.416 e. The van der Waals surface area contributed by atoms with Crippen LogP contribution < -0.4 is 20.0 Å². The molecule has 1 aliphatic heterocycles. The Labute approximate surface area is 172 Å². The lowest BCUT2D eigenvalue weighted by molar-refractivity contribution is -0.137. The van der Waals surface area contributed by atoms with E-state index in [4.69, 9.17) is 0 Å². The smallest absolute Gasteiger partial charge is 0.368 e. The molecule has 160 valence electrons. The van der Waals surface area contributed by atoms with Gasteiger partial charge in [0.1, 0.15) is 0 Å². The lowest BCUT2D eigenvalue weighted by atomic mass is 10.1. The number of carbonyl (C=O) groups is 2. The van der Waals surface area contributed by atoms with Crippen molar-refractivity contribution in [2.45, 2.75) is 20.0 Å². The van der Waals surface area contributed by atoms with Crippen molar-refractivity contribution in [3.8, 4) is 0 Å². The molecule has 0 radical (unpaired) electrons. The van der Waals surface area contributed by atoms with Gasteiger partial charge in [-0.1, -0.05) is 6.07 Å². The summed E-state index contributed by atoms with van der Waals surface area (Å²) >= 11 is 0. The zero-order valence-corrected chi connectivity index (χ0v) is 16.7. The molecular formula is C21H23F3N4O2. The molecule has 0 aliphatic carbocycles. The molecule has 2 aromatic rings. The summed E-state index contributed by atoms with van der Waals surface area (Å²) in [7, 11) is 0. The molecule has 0 saturated heterocycles. The molecule has 1 aliphatic rings. The first-order valence-corrected chi connectivity index (χ1v) is 9.65. The Morgan fingerprint density at radius 1 is 1.07 bits per heavy atom. The number of urea groups is 1. The maximum atomic E-state index is 12.9. The molecule has 30 heavy (non-hydrogen) atoms. The number of nitrogens with one attached hydrogen (secondary N) is 1. The number of likely N-dealkylation sites (N-methyl/N-ethyl adjacent to an activating group) is 2. The third kappa shape index (κ3) is 4.34. The van der Waals surface area contributed by atoms with Gasteiger partial charge in [0.2, 0.25) is 6.41 Å². The molecule has 1 heterocycles. The van der Waals surface area contributed by atoms with Gasteiger partial charge in [-0.05, 0) is 50.2 Å². The van der Waals surface area contributed by atoms with E-state index in [1.165, 1.54) is 12.1 Å². The Morgan fingerprint density at radius 3 is 2.33 bits per heavy atom. The summed E-state index contributed by atoms with van der Waals surface area (Å²) in [6.07, 6.45) is -4.18. The van der Waals surface area contributed by atoms with Gasteiger partial charge in [0.25, 0.3) is 0 Å². The van der Waals surface area contributed by atoms with Crippen LogP contribution >= 0.6 is 0 Å². The maximum absolute atomic E-state index is 12.9. The highest BCUT2D eigenvalue weighted by Crippen LogP contribution is 2.36. The molecule has 9 heteroatoms. The lowest BCUT2D eigenvalue weighted by Crippen LogP contribution is -2.41. The summed E-state index contributed by atoms with van der Waals surface area (Å²) in [6.45, 7) is 7.38. The number of alkyl halides is 3. The predicted octanol–water partition coefficient (Wildman–Crippen LogP) is 4.57. The van der Waals surface area contributed by atoms with Crippen LogP contribution in [-0.4, -0.2) is 38.6 Å². The van der Waals surface area contributed by atoms with E-state index in [1.807, 2.05) is 13.0 Å². The highest BCUT2D eigenvalue weighted by atomic mass is 19.4. The third-order valence-electron chi connectivity index (χ3n) is 5.09. The Kier molecular flexibility index (Phi) is 6.19. The number of anilines is 4. The van der Waals surface area contributed by atoms with Crippen LogP contribution in [0.5, 0.6) is 0 Å². The zero-order valence-electron chi connectivity index (χ0n) is 16.7. The topological polar surface area (TPSA) is 55.9 Å². The van der Waals surface area contributed by atoms with Gasteiger partial charge in [-0.15, -0.1) is 0 Å². The van der Waals surface area contributed by atoms with Gasteiger partial charge >= 0.3 is 12.2 Å². The van der Waals surface area contributed by atoms with Crippen LogP contribution in [0.3, 0.4) is 0 Å². The minimum absolute atomic E-state index is 0.0491. The molecule has 2 aromatic carbocycles. The minimum Gasteiger partial charge on any atom is -0.368 e. The van der Waals surface area contributed by atoms with Crippen molar-refractivity contribution in [3.05, 3.63) is 48.0 Å². The Balaban J connectivity index is 1.87. The number of hydrogen-bond donors (Lipinski definition) is 1. The van der Waals surface area contributed by atoms with Crippen molar-refractivity contribution in [3.63, 3.8) is 0 Å². The number of fused-ring (bicyclic) bond motifs is 1. The van der Waals surface area contributed by atoms with E-state index in [1.54, 1.807) is 12.1 Å². The molecule has 0 atom stereocenters. The van der Waals surface area contributed by atoms with Crippen LogP contribution in [0.15, 0.2) is 42.5 Å². The first-order chi connectivity index (χ1) is 14.3.